The summed E-state index contributed by atoms with van der Waals surface area (Å²) in [6, 6.07) is 32.4. The SMILES string of the molecule is O=C(NC(c1ccccc1)c1ccccc1)c1ccc(COc2ccccc2)o1. The molecule has 4 aromatic rings. The van der Waals surface area contributed by atoms with Crippen LogP contribution in [0.25, 0.3) is 0 Å². The maximum atomic E-state index is 12.8. The minimum absolute atomic E-state index is 0.258. The van der Waals surface area contributed by atoms with Crippen LogP contribution in [0.2, 0.25) is 0 Å². The average molecular weight is 383 g/mol. The van der Waals surface area contributed by atoms with E-state index in [0.29, 0.717) is 5.76 Å². The van der Waals surface area contributed by atoms with Gasteiger partial charge in [0.15, 0.2) is 5.76 Å². The van der Waals surface area contributed by atoms with Gasteiger partial charge < -0.3 is 14.5 Å². The van der Waals surface area contributed by atoms with Crippen molar-refractivity contribution in [3.8, 4) is 5.75 Å². The molecule has 0 bridgehead atoms. The Hall–Kier alpha value is -3.79. The third-order valence-corrected chi connectivity index (χ3v) is 4.55. The van der Waals surface area contributed by atoms with Gasteiger partial charge in [0.2, 0.25) is 0 Å². The van der Waals surface area contributed by atoms with E-state index in [0.717, 1.165) is 16.9 Å². The van der Waals surface area contributed by atoms with Gasteiger partial charge in [-0.25, -0.2) is 0 Å². The van der Waals surface area contributed by atoms with Gasteiger partial charge in [0.1, 0.15) is 18.1 Å². The summed E-state index contributed by atoms with van der Waals surface area (Å²) in [4.78, 5) is 12.8. The number of hydrogen-bond acceptors (Lipinski definition) is 3. The zero-order valence-corrected chi connectivity index (χ0v) is 15.8. The Balaban J connectivity index is 1.47. The lowest BCUT2D eigenvalue weighted by Crippen LogP contribution is -2.29. The fourth-order valence-corrected chi connectivity index (χ4v) is 3.10. The summed E-state index contributed by atoms with van der Waals surface area (Å²) in [5, 5.41) is 3.08. The number of amides is 1. The minimum atomic E-state index is -0.270. The summed E-state index contributed by atoms with van der Waals surface area (Å²) < 4.78 is 11.4. The molecule has 0 aliphatic heterocycles. The molecule has 4 rings (SSSR count). The van der Waals surface area contributed by atoms with Gasteiger partial charge in [0.05, 0.1) is 6.04 Å². The van der Waals surface area contributed by atoms with Crippen LogP contribution in [-0.4, -0.2) is 5.91 Å². The quantitative estimate of drug-likeness (QED) is 0.466. The Bertz CT molecular complexity index is 1000. The van der Waals surface area contributed by atoms with E-state index >= 15 is 0 Å². The molecule has 0 radical (unpaired) electrons. The van der Waals surface area contributed by atoms with Crippen molar-refractivity contribution in [2.75, 3.05) is 0 Å². The van der Waals surface area contributed by atoms with Gasteiger partial charge in [-0.3, -0.25) is 4.79 Å². The molecule has 0 fully saturated rings. The molecule has 1 amide bonds. The van der Waals surface area contributed by atoms with Crippen LogP contribution in [0.4, 0.5) is 0 Å². The van der Waals surface area contributed by atoms with Gasteiger partial charge >= 0.3 is 0 Å². The van der Waals surface area contributed by atoms with Crippen LogP contribution in [0.5, 0.6) is 5.75 Å². The van der Waals surface area contributed by atoms with Crippen LogP contribution in [0.3, 0.4) is 0 Å². The maximum absolute atomic E-state index is 12.8. The Morgan fingerprint density at radius 3 is 1.90 bits per heavy atom. The number of rotatable bonds is 7. The second-order valence-electron chi connectivity index (χ2n) is 6.60. The Morgan fingerprint density at radius 2 is 1.31 bits per heavy atom. The van der Waals surface area contributed by atoms with Gasteiger partial charge in [-0.2, -0.15) is 0 Å². The molecule has 4 nitrogen and oxygen atoms in total. The van der Waals surface area contributed by atoms with E-state index < -0.39 is 0 Å². The molecule has 3 aromatic carbocycles. The molecule has 144 valence electrons. The van der Waals surface area contributed by atoms with Crippen LogP contribution < -0.4 is 10.1 Å². The van der Waals surface area contributed by atoms with Crippen LogP contribution >= 0.6 is 0 Å². The first-order valence-electron chi connectivity index (χ1n) is 9.47. The topological polar surface area (TPSA) is 51.5 Å². The zero-order chi connectivity index (χ0) is 19.9. The average Bonchev–Trinajstić information content (AvgIpc) is 3.27. The molecular formula is C25H21NO3. The zero-order valence-electron chi connectivity index (χ0n) is 15.8. The highest BCUT2D eigenvalue weighted by atomic mass is 16.5. The number of hydrogen-bond donors (Lipinski definition) is 1. The highest BCUT2D eigenvalue weighted by molar-refractivity contribution is 5.92. The highest BCUT2D eigenvalue weighted by Crippen LogP contribution is 2.23. The minimum Gasteiger partial charge on any atom is -0.486 e. The summed E-state index contributed by atoms with van der Waals surface area (Å²) >= 11 is 0. The third kappa shape index (κ3) is 4.74. The highest BCUT2D eigenvalue weighted by Gasteiger charge is 2.19. The normalized spacial score (nSPS) is 10.7. The molecule has 0 spiro atoms. The Kier molecular flexibility index (Phi) is 5.72. The van der Waals surface area contributed by atoms with Gasteiger partial charge in [-0.15, -0.1) is 0 Å². The van der Waals surface area contributed by atoms with Crippen molar-refractivity contribution in [3.05, 3.63) is 126 Å². The molecule has 0 saturated carbocycles. The maximum Gasteiger partial charge on any atom is 0.287 e. The van der Waals surface area contributed by atoms with Crippen LogP contribution in [0, 0.1) is 0 Å². The summed E-state index contributed by atoms with van der Waals surface area (Å²) in [5.74, 6) is 1.33. The largest absolute Gasteiger partial charge is 0.486 e. The number of furan rings is 1. The molecule has 0 atom stereocenters. The number of benzene rings is 3. The molecule has 1 heterocycles. The number of para-hydroxylation sites is 1. The molecule has 1 aromatic heterocycles. The smallest absolute Gasteiger partial charge is 0.287 e. The second kappa shape index (κ2) is 8.93. The molecule has 29 heavy (non-hydrogen) atoms. The van der Waals surface area contributed by atoms with Gasteiger partial charge in [-0.1, -0.05) is 78.9 Å². The van der Waals surface area contributed by atoms with Crippen molar-refractivity contribution >= 4 is 5.91 Å². The van der Waals surface area contributed by atoms with Crippen molar-refractivity contribution in [1.82, 2.24) is 5.32 Å². The van der Waals surface area contributed by atoms with E-state index in [1.165, 1.54) is 0 Å². The summed E-state index contributed by atoms with van der Waals surface area (Å²) in [5.41, 5.74) is 2.01. The standard InChI is InChI=1S/C25H21NO3/c27-25(23-17-16-22(29-23)18-28-21-14-8-3-9-15-21)26-24(19-10-4-1-5-11-19)20-12-6-2-7-13-20/h1-17,24H,18H2,(H,26,27). The predicted molar refractivity (Wildman–Crippen MR) is 112 cm³/mol. The van der Waals surface area contributed by atoms with Gasteiger partial charge in [-0.05, 0) is 35.4 Å². The van der Waals surface area contributed by atoms with Crippen molar-refractivity contribution in [2.45, 2.75) is 12.6 Å². The van der Waals surface area contributed by atoms with Crippen molar-refractivity contribution in [2.24, 2.45) is 0 Å². The van der Waals surface area contributed by atoms with E-state index in [1.807, 2.05) is 91.0 Å². The first-order chi connectivity index (χ1) is 14.3. The van der Waals surface area contributed by atoms with E-state index in [4.69, 9.17) is 9.15 Å². The van der Waals surface area contributed by atoms with Crippen LogP contribution in [-0.2, 0) is 6.61 Å². The summed E-state index contributed by atoms with van der Waals surface area (Å²) in [6.45, 7) is 0.262. The predicted octanol–water partition coefficient (Wildman–Crippen LogP) is 5.38. The molecule has 0 aliphatic rings. The van der Waals surface area contributed by atoms with Crippen molar-refractivity contribution < 1.29 is 13.9 Å². The molecular weight excluding hydrogens is 362 g/mol. The van der Waals surface area contributed by atoms with Crippen LogP contribution in [0.15, 0.2) is 108 Å². The first kappa shape index (κ1) is 18.6. The lowest BCUT2D eigenvalue weighted by molar-refractivity contribution is 0.0911. The van der Waals surface area contributed by atoms with E-state index in [9.17, 15) is 4.79 Å². The number of nitrogens with one attached hydrogen (secondary N) is 1. The van der Waals surface area contributed by atoms with E-state index in [1.54, 1.807) is 12.1 Å². The molecule has 0 saturated heterocycles. The Labute approximate surface area is 169 Å². The van der Waals surface area contributed by atoms with E-state index in [-0.39, 0.29) is 24.3 Å². The molecule has 1 N–H and O–H groups in total. The lowest BCUT2D eigenvalue weighted by Gasteiger charge is -2.19. The first-order valence-corrected chi connectivity index (χ1v) is 9.47. The van der Waals surface area contributed by atoms with Crippen LogP contribution in [0.1, 0.15) is 33.5 Å². The van der Waals surface area contributed by atoms with Gasteiger partial charge in [0, 0.05) is 0 Å². The number of ether oxygens (including phenoxy) is 1. The fraction of sp³-hybridized carbons (Fsp3) is 0.0800. The van der Waals surface area contributed by atoms with Gasteiger partial charge in [0.25, 0.3) is 5.91 Å². The molecule has 0 unspecified atom stereocenters. The summed E-state index contributed by atoms with van der Waals surface area (Å²) in [7, 11) is 0. The van der Waals surface area contributed by atoms with E-state index in [2.05, 4.69) is 5.32 Å². The Morgan fingerprint density at radius 1 is 0.759 bits per heavy atom. The summed E-state index contributed by atoms with van der Waals surface area (Å²) in [6.07, 6.45) is 0. The molecule has 0 aliphatic carbocycles. The monoisotopic (exact) mass is 383 g/mol. The van der Waals surface area contributed by atoms with Crippen molar-refractivity contribution in [1.29, 1.82) is 0 Å². The van der Waals surface area contributed by atoms with Crippen molar-refractivity contribution in [3.63, 3.8) is 0 Å². The molecule has 4 heteroatoms. The lowest BCUT2D eigenvalue weighted by atomic mass is 9.98. The second-order valence-corrected chi connectivity index (χ2v) is 6.60. The number of carbonyl (C=O) groups is 1. The number of carbonyl (C=O) groups excluding carboxylic acids is 1. The fourth-order valence-electron chi connectivity index (χ4n) is 3.10. The third-order valence-electron chi connectivity index (χ3n) is 4.55.